The van der Waals surface area contributed by atoms with E-state index in [4.69, 9.17) is 5.73 Å². The molecule has 0 saturated carbocycles. The molecule has 0 aliphatic carbocycles. The summed E-state index contributed by atoms with van der Waals surface area (Å²) in [4.78, 5) is 13.1. The van der Waals surface area contributed by atoms with Crippen LogP contribution in [0.15, 0.2) is 42.6 Å². The predicted octanol–water partition coefficient (Wildman–Crippen LogP) is 2.80. The van der Waals surface area contributed by atoms with Gasteiger partial charge >= 0.3 is 6.18 Å². The molecule has 0 radical (unpaired) electrons. The van der Waals surface area contributed by atoms with Crippen LogP contribution in [0.2, 0.25) is 0 Å². The third kappa shape index (κ3) is 3.64. The number of likely N-dealkylation sites (tertiary alicyclic amines) is 1. The average molecular weight is 298 g/mol. The van der Waals surface area contributed by atoms with Crippen molar-refractivity contribution >= 4 is 5.91 Å². The lowest BCUT2D eigenvalue weighted by molar-refractivity contribution is -0.145. The molecule has 1 aromatic carbocycles. The van der Waals surface area contributed by atoms with Crippen LogP contribution in [0.4, 0.5) is 13.2 Å². The molecule has 1 aliphatic rings. The normalized spacial score (nSPS) is 23.5. The standard InChI is InChI=1S/C15H17F3N2O/c1-10-12(11-5-3-2-4-6-11)9-13(19)14(21)20(10)8-7-15(16,17)18/h2-6,12-13H,1,7-9,19H2/t12-,13+/m1/s1. The molecule has 1 saturated heterocycles. The van der Waals surface area contributed by atoms with Crippen LogP contribution in [0.1, 0.15) is 24.3 Å². The number of hydrogen-bond donors (Lipinski definition) is 1. The zero-order valence-corrected chi connectivity index (χ0v) is 11.4. The Morgan fingerprint density at radius 2 is 1.90 bits per heavy atom. The van der Waals surface area contributed by atoms with Gasteiger partial charge in [-0.1, -0.05) is 36.9 Å². The number of piperidine rings is 1. The van der Waals surface area contributed by atoms with Gasteiger partial charge in [0.25, 0.3) is 0 Å². The van der Waals surface area contributed by atoms with Gasteiger partial charge in [-0.25, -0.2) is 0 Å². The van der Waals surface area contributed by atoms with Crippen LogP contribution in [0.3, 0.4) is 0 Å². The molecule has 1 fully saturated rings. The van der Waals surface area contributed by atoms with Gasteiger partial charge in [0.05, 0.1) is 12.5 Å². The van der Waals surface area contributed by atoms with E-state index in [1.165, 1.54) is 0 Å². The molecule has 114 valence electrons. The second kappa shape index (κ2) is 5.89. The zero-order chi connectivity index (χ0) is 15.6. The van der Waals surface area contributed by atoms with Gasteiger partial charge in [-0.15, -0.1) is 0 Å². The number of nitrogens with two attached hydrogens (primary N) is 1. The van der Waals surface area contributed by atoms with Crippen molar-refractivity contribution in [2.45, 2.75) is 31.0 Å². The Morgan fingerprint density at radius 3 is 2.48 bits per heavy atom. The van der Waals surface area contributed by atoms with Crippen molar-refractivity contribution in [3.05, 3.63) is 48.2 Å². The molecule has 1 aromatic rings. The van der Waals surface area contributed by atoms with Crippen molar-refractivity contribution in [2.24, 2.45) is 5.73 Å². The molecule has 0 unspecified atom stereocenters. The van der Waals surface area contributed by atoms with Gasteiger partial charge in [-0.05, 0) is 12.0 Å². The third-order valence-corrected chi connectivity index (χ3v) is 3.64. The minimum Gasteiger partial charge on any atom is -0.320 e. The lowest BCUT2D eigenvalue weighted by Gasteiger charge is -2.38. The second-order valence-electron chi connectivity index (χ2n) is 5.15. The summed E-state index contributed by atoms with van der Waals surface area (Å²) in [5.74, 6) is -0.719. The predicted molar refractivity (Wildman–Crippen MR) is 73.3 cm³/mol. The minimum absolute atomic E-state index is 0.230. The Hall–Kier alpha value is -1.82. The number of halogens is 3. The first-order valence-corrected chi connectivity index (χ1v) is 6.67. The first kappa shape index (κ1) is 15.6. The highest BCUT2D eigenvalue weighted by atomic mass is 19.4. The molecule has 2 rings (SSSR count). The number of amides is 1. The first-order chi connectivity index (χ1) is 9.79. The molecule has 21 heavy (non-hydrogen) atoms. The van der Waals surface area contributed by atoms with Crippen molar-refractivity contribution in [1.29, 1.82) is 0 Å². The number of hydrogen-bond acceptors (Lipinski definition) is 2. The first-order valence-electron chi connectivity index (χ1n) is 6.67. The highest BCUT2D eigenvalue weighted by Crippen LogP contribution is 2.35. The van der Waals surface area contributed by atoms with Crippen molar-refractivity contribution in [2.75, 3.05) is 6.54 Å². The van der Waals surface area contributed by atoms with E-state index in [0.717, 1.165) is 10.5 Å². The molecular formula is C15H17F3N2O. The lowest BCUT2D eigenvalue weighted by Crippen LogP contribution is -2.50. The molecule has 3 nitrogen and oxygen atoms in total. The Bertz CT molecular complexity index is 527. The number of rotatable bonds is 3. The highest BCUT2D eigenvalue weighted by Gasteiger charge is 2.38. The van der Waals surface area contributed by atoms with Crippen LogP contribution in [0.25, 0.3) is 0 Å². The van der Waals surface area contributed by atoms with E-state index in [-0.39, 0.29) is 5.92 Å². The summed E-state index contributed by atoms with van der Waals surface area (Å²) in [6.45, 7) is 3.39. The third-order valence-electron chi connectivity index (χ3n) is 3.64. The molecule has 1 amide bonds. The maximum absolute atomic E-state index is 12.4. The topological polar surface area (TPSA) is 46.3 Å². The van der Waals surface area contributed by atoms with E-state index in [1.807, 2.05) is 30.3 Å². The molecule has 6 heteroatoms. The number of nitrogens with zero attached hydrogens (tertiary/aromatic N) is 1. The van der Waals surface area contributed by atoms with Crippen LogP contribution in [-0.4, -0.2) is 29.6 Å². The summed E-state index contributed by atoms with van der Waals surface area (Å²) < 4.78 is 37.1. The summed E-state index contributed by atoms with van der Waals surface area (Å²) in [7, 11) is 0. The van der Waals surface area contributed by atoms with Crippen molar-refractivity contribution in [3.63, 3.8) is 0 Å². The van der Waals surface area contributed by atoms with Gasteiger partial charge in [0.1, 0.15) is 0 Å². The zero-order valence-electron chi connectivity index (χ0n) is 11.4. The Morgan fingerprint density at radius 1 is 1.29 bits per heavy atom. The summed E-state index contributed by atoms with van der Waals surface area (Å²) in [6, 6.07) is 8.45. The molecule has 0 aromatic heterocycles. The molecule has 0 bridgehead atoms. The van der Waals surface area contributed by atoms with E-state index >= 15 is 0 Å². The van der Waals surface area contributed by atoms with Crippen molar-refractivity contribution < 1.29 is 18.0 Å². The smallest absolute Gasteiger partial charge is 0.320 e. The molecular weight excluding hydrogens is 281 g/mol. The summed E-state index contributed by atoms with van der Waals surface area (Å²) in [6.07, 6.45) is -5.01. The Balaban J connectivity index is 2.19. The Kier molecular flexibility index (Phi) is 4.37. The van der Waals surface area contributed by atoms with E-state index in [2.05, 4.69) is 6.58 Å². The van der Waals surface area contributed by atoms with Gasteiger partial charge in [0.2, 0.25) is 5.91 Å². The van der Waals surface area contributed by atoms with E-state index < -0.39 is 31.1 Å². The largest absolute Gasteiger partial charge is 0.390 e. The minimum atomic E-state index is -4.32. The number of carbonyl (C=O) groups is 1. The fraction of sp³-hybridized carbons (Fsp3) is 0.400. The molecule has 2 N–H and O–H groups in total. The summed E-state index contributed by atoms with van der Waals surface area (Å²) in [5.41, 5.74) is 7.08. The summed E-state index contributed by atoms with van der Waals surface area (Å²) in [5, 5.41) is 0. The SMILES string of the molecule is C=C1[C@H](c2ccccc2)C[C@H](N)C(=O)N1CCC(F)(F)F. The monoisotopic (exact) mass is 298 g/mol. The van der Waals surface area contributed by atoms with Crippen LogP contribution < -0.4 is 5.73 Å². The maximum atomic E-state index is 12.4. The van der Waals surface area contributed by atoms with Crippen LogP contribution >= 0.6 is 0 Å². The Labute approximate surface area is 121 Å². The van der Waals surface area contributed by atoms with Crippen molar-refractivity contribution in [1.82, 2.24) is 4.90 Å². The van der Waals surface area contributed by atoms with E-state index in [1.54, 1.807) is 0 Å². The van der Waals surface area contributed by atoms with E-state index in [0.29, 0.717) is 12.1 Å². The van der Waals surface area contributed by atoms with Crippen LogP contribution in [0, 0.1) is 0 Å². The van der Waals surface area contributed by atoms with Gasteiger partial charge in [0.15, 0.2) is 0 Å². The molecule has 2 atom stereocenters. The molecule has 1 heterocycles. The summed E-state index contributed by atoms with van der Waals surface area (Å²) >= 11 is 0. The molecule has 1 aliphatic heterocycles. The quantitative estimate of drug-likeness (QED) is 0.932. The molecule has 0 spiro atoms. The highest BCUT2D eigenvalue weighted by molar-refractivity contribution is 5.85. The number of alkyl halides is 3. The van der Waals surface area contributed by atoms with Crippen LogP contribution in [-0.2, 0) is 4.79 Å². The number of benzene rings is 1. The lowest BCUT2D eigenvalue weighted by atomic mass is 9.85. The second-order valence-corrected chi connectivity index (χ2v) is 5.15. The fourth-order valence-electron chi connectivity index (χ4n) is 2.53. The van der Waals surface area contributed by atoms with Gasteiger partial charge in [-0.3, -0.25) is 4.79 Å². The van der Waals surface area contributed by atoms with Gasteiger partial charge < -0.3 is 10.6 Å². The van der Waals surface area contributed by atoms with Crippen molar-refractivity contribution in [3.8, 4) is 0 Å². The van der Waals surface area contributed by atoms with Crippen LogP contribution in [0.5, 0.6) is 0 Å². The fourth-order valence-corrected chi connectivity index (χ4v) is 2.53. The van der Waals surface area contributed by atoms with Gasteiger partial charge in [-0.2, -0.15) is 13.2 Å². The van der Waals surface area contributed by atoms with Gasteiger partial charge in [0, 0.05) is 18.2 Å². The number of allylic oxidation sites excluding steroid dienone is 1. The number of carbonyl (C=O) groups excluding carboxylic acids is 1. The van der Waals surface area contributed by atoms with E-state index in [9.17, 15) is 18.0 Å². The maximum Gasteiger partial charge on any atom is 0.390 e. The average Bonchev–Trinajstić information content (AvgIpc) is 2.42.